The molecule has 8 nitrogen and oxygen atoms in total. The molecule has 0 aliphatic carbocycles. The molecule has 39 heavy (non-hydrogen) atoms. The van der Waals surface area contributed by atoms with Crippen LogP contribution in [0.1, 0.15) is 35.3 Å². The molecule has 0 amide bonds. The highest BCUT2D eigenvalue weighted by Gasteiger charge is 2.36. The topological polar surface area (TPSA) is 88.4 Å². The molecular weight excluding hydrogens is 519 g/mol. The minimum absolute atomic E-state index is 0.00267. The third-order valence-corrected chi connectivity index (χ3v) is 6.63. The number of halogens is 3. The van der Waals surface area contributed by atoms with Crippen LogP contribution in [-0.2, 0) is 25.1 Å². The van der Waals surface area contributed by atoms with Gasteiger partial charge in [0.25, 0.3) is 0 Å². The van der Waals surface area contributed by atoms with E-state index >= 15 is 0 Å². The van der Waals surface area contributed by atoms with Crippen molar-refractivity contribution in [1.29, 1.82) is 0 Å². The Morgan fingerprint density at radius 1 is 1.10 bits per heavy atom. The fraction of sp³-hybridized carbons (Fsp3) is 0.393. The van der Waals surface area contributed by atoms with E-state index in [1.165, 1.54) is 18.2 Å². The number of esters is 1. The monoisotopic (exact) mass is 547 g/mol. The molecule has 0 spiro atoms. The van der Waals surface area contributed by atoms with Crippen molar-refractivity contribution in [2.24, 2.45) is 0 Å². The van der Waals surface area contributed by atoms with Crippen molar-refractivity contribution in [2.45, 2.75) is 50.2 Å². The Labute approximate surface area is 222 Å². The summed E-state index contributed by atoms with van der Waals surface area (Å²) >= 11 is 0. The minimum atomic E-state index is -4.71. The molecule has 3 heterocycles. The molecule has 3 aromatic rings. The van der Waals surface area contributed by atoms with Crippen LogP contribution < -0.4 is 4.84 Å². The largest absolute Gasteiger partial charge is 0.464 e. The highest BCUT2D eigenvalue weighted by Crippen LogP contribution is 2.39. The zero-order valence-electron chi connectivity index (χ0n) is 21.1. The van der Waals surface area contributed by atoms with Crippen molar-refractivity contribution in [3.63, 3.8) is 0 Å². The zero-order chi connectivity index (χ0) is 27.6. The summed E-state index contributed by atoms with van der Waals surface area (Å²) in [5.41, 5.74) is -0.355. The van der Waals surface area contributed by atoms with E-state index in [9.17, 15) is 23.1 Å². The molecule has 4 unspecified atom stereocenters. The maximum absolute atomic E-state index is 14.2. The minimum Gasteiger partial charge on any atom is -0.464 e. The number of aliphatic hydroxyl groups is 1. The van der Waals surface area contributed by atoms with E-state index in [-0.39, 0.29) is 28.8 Å². The summed E-state index contributed by atoms with van der Waals surface area (Å²) in [6.07, 6.45) is -2.60. The first-order valence-electron chi connectivity index (χ1n) is 12.6. The van der Waals surface area contributed by atoms with E-state index in [1.807, 2.05) is 0 Å². The van der Waals surface area contributed by atoms with Crippen molar-refractivity contribution in [2.75, 3.05) is 20.3 Å². The number of methoxy groups -OCH3 is 1. The molecule has 1 aromatic heterocycles. The van der Waals surface area contributed by atoms with Crippen molar-refractivity contribution in [1.82, 2.24) is 4.73 Å². The van der Waals surface area contributed by atoms with Gasteiger partial charge >= 0.3 is 12.1 Å². The maximum atomic E-state index is 14.2. The highest BCUT2D eigenvalue weighted by molar-refractivity contribution is 5.98. The molecule has 2 aliphatic heterocycles. The Morgan fingerprint density at radius 3 is 2.59 bits per heavy atom. The van der Waals surface area contributed by atoms with Crippen LogP contribution in [0.15, 0.2) is 60.7 Å². The van der Waals surface area contributed by atoms with E-state index in [0.29, 0.717) is 12.2 Å². The molecular formula is C28H28F3NO7. The number of carbonyl (C=O) groups is 1. The lowest BCUT2D eigenvalue weighted by Gasteiger charge is -2.31. The molecule has 0 saturated carbocycles. The third kappa shape index (κ3) is 5.96. The van der Waals surface area contributed by atoms with E-state index in [4.69, 9.17) is 23.8 Å². The highest BCUT2D eigenvalue weighted by atomic mass is 19.4. The first-order valence-corrected chi connectivity index (χ1v) is 12.6. The normalized spacial score (nSPS) is 23.6. The van der Waals surface area contributed by atoms with Gasteiger partial charge in [-0.05, 0) is 54.7 Å². The SMILES string of the molecule is COC(=O)c1cc2c(C(F)(F)F)cc(-c3ccccc3)cc2n1OC1C=CC(O)C(COC2CCCCO2)O1. The molecule has 1 N–H and O–H groups in total. The molecule has 2 aliphatic rings. The van der Waals surface area contributed by atoms with Crippen LogP contribution in [0.4, 0.5) is 13.2 Å². The predicted octanol–water partition coefficient (Wildman–Crippen LogP) is 4.73. The Hall–Kier alpha value is -3.38. The number of nitrogens with zero attached hydrogens (tertiary/aromatic N) is 1. The second-order valence-corrected chi connectivity index (χ2v) is 9.29. The van der Waals surface area contributed by atoms with Gasteiger partial charge in [0.15, 0.2) is 12.0 Å². The number of benzene rings is 2. The molecule has 1 fully saturated rings. The van der Waals surface area contributed by atoms with Gasteiger partial charge in [-0.25, -0.2) is 4.79 Å². The Morgan fingerprint density at radius 2 is 1.90 bits per heavy atom. The summed E-state index contributed by atoms with van der Waals surface area (Å²) in [7, 11) is 1.12. The number of rotatable bonds is 7. The first-order chi connectivity index (χ1) is 18.7. The maximum Gasteiger partial charge on any atom is 0.417 e. The Balaban J connectivity index is 1.50. The summed E-state index contributed by atoms with van der Waals surface area (Å²) in [5.74, 6) is -0.894. The van der Waals surface area contributed by atoms with Gasteiger partial charge in [-0.2, -0.15) is 17.9 Å². The van der Waals surface area contributed by atoms with Crippen molar-refractivity contribution >= 4 is 16.9 Å². The average Bonchev–Trinajstić information content (AvgIpc) is 3.30. The quantitative estimate of drug-likeness (QED) is 0.338. The number of hydrogen-bond donors (Lipinski definition) is 1. The number of carbonyl (C=O) groups excluding carboxylic acids is 1. The molecule has 5 rings (SSSR count). The summed E-state index contributed by atoms with van der Waals surface area (Å²) in [4.78, 5) is 18.6. The lowest BCUT2D eigenvalue weighted by atomic mass is 10.00. The van der Waals surface area contributed by atoms with Crippen molar-refractivity contribution in [3.8, 4) is 11.1 Å². The summed E-state index contributed by atoms with van der Waals surface area (Å²) < 4.78 is 65.5. The van der Waals surface area contributed by atoms with Crippen LogP contribution in [0, 0.1) is 0 Å². The van der Waals surface area contributed by atoms with Gasteiger partial charge in [-0.15, -0.1) is 0 Å². The number of aromatic nitrogens is 1. The zero-order valence-corrected chi connectivity index (χ0v) is 21.1. The fourth-order valence-corrected chi connectivity index (χ4v) is 4.65. The van der Waals surface area contributed by atoms with Crippen LogP contribution in [0.2, 0.25) is 0 Å². The molecule has 0 bridgehead atoms. The smallest absolute Gasteiger partial charge is 0.417 e. The Kier molecular flexibility index (Phi) is 7.94. The van der Waals surface area contributed by atoms with Crippen LogP contribution >= 0.6 is 0 Å². The molecule has 2 aromatic carbocycles. The lowest BCUT2D eigenvalue weighted by Crippen LogP contribution is -2.43. The van der Waals surface area contributed by atoms with E-state index in [2.05, 4.69) is 0 Å². The molecule has 1 saturated heterocycles. The number of aliphatic hydroxyl groups excluding tert-OH is 1. The van der Waals surface area contributed by atoms with Gasteiger partial charge in [0.05, 0.1) is 24.8 Å². The molecule has 0 radical (unpaired) electrons. The van der Waals surface area contributed by atoms with Crippen LogP contribution in [0.25, 0.3) is 22.0 Å². The van der Waals surface area contributed by atoms with Gasteiger partial charge in [0.1, 0.15) is 12.2 Å². The van der Waals surface area contributed by atoms with Crippen LogP contribution in [0.3, 0.4) is 0 Å². The van der Waals surface area contributed by atoms with Crippen LogP contribution in [-0.4, -0.2) is 60.9 Å². The van der Waals surface area contributed by atoms with E-state index in [1.54, 1.807) is 30.3 Å². The second-order valence-electron chi connectivity index (χ2n) is 9.29. The van der Waals surface area contributed by atoms with Crippen molar-refractivity contribution < 1.29 is 46.9 Å². The number of fused-ring (bicyclic) bond motifs is 1. The molecule has 208 valence electrons. The average molecular weight is 548 g/mol. The van der Waals surface area contributed by atoms with Gasteiger partial charge in [0, 0.05) is 12.0 Å². The van der Waals surface area contributed by atoms with Gasteiger partial charge in [0.2, 0.25) is 6.29 Å². The van der Waals surface area contributed by atoms with Crippen molar-refractivity contribution in [3.05, 3.63) is 71.9 Å². The number of alkyl halides is 3. The van der Waals surface area contributed by atoms with E-state index < -0.39 is 42.5 Å². The van der Waals surface area contributed by atoms with Gasteiger partial charge < -0.3 is 28.9 Å². The first kappa shape index (κ1) is 27.2. The van der Waals surface area contributed by atoms with Crippen LogP contribution in [0.5, 0.6) is 0 Å². The molecule has 4 atom stereocenters. The lowest BCUT2D eigenvalue weighted by molar-refractivity contribution is -0.219. The summed E-state index contributed by atoms with van der Waals surface area (Å²) in [5, 5.41) is 10.2. The summed E-state index contributed by atoms with van der Waals surface area (Å²) in [6.45, 7) is 0.592. The second kappa shape index (κ2) is 11.4. The number of ether oxygens (including phenoxy) is 4. The predicted molar refractivity (Wildman–Crippen MR) is 134 cm³/mol. The standard InChI is InChI=1S/C28H28F3NO7/c1-35-27(34)22-15-19-20(28(29,30)31)13-18(17-7-3-2-4-8-17)14-21(19)32(22)39-26-11-10-23(33)24(38-26)16-37-25-9-5-6-12-36-25/h2-4,7-8,10-11,13-15,23-26,33H,5-6,9,12,16H2,1H3. The number of hydrogen-bond acceptors (Lipinski definition) is 7. The fourth-order valence-electron chi connectivity index (χ4n) is 4.65. The summed E-state index contributed by atoms with van der Waals surface area (Å²) in [6, 6.07) is 12.2. The third-order valence-electron chi connectivity index (χ3n) is 6.63. The molecule has 11 heteroatoms. The van der Waals surface area contributed by atoms with Gasteiger partial charge in [-0.1, -0.05) is 36.4 Å². The van der Waals surface area contributed by atoms with Gasteiger partial charge in [-0.3, -0.25) is 0 Å². The van der Waals surface area contributed by atoms with E-state index in [0.717, 1.165) is 43.2 Å². The Bertz CT molecular complexity index is 1330.